The van der Waals surface area contributed by atoms with E-state index in [1.54, 1.807) is 12.1 Å². The Morgan fingerprint density at radius 1 is 1.43 bits per heavy atom. The number of rotatable bonds is 6. The number of anilines is 1. The van der Waals surface area contributed by atoms with Gasteiger partial charge in [0.15, 0.2) is 5.16 Å². The number of non-ortho nitro benzene ring substituents is 1. The second kappa shape index (κ2) is 7.56. The molecule has 2 rings (SSSR count). The van der Waals surface area contributed by atoms with Crippen molar-refractivity contribution < 1.29 is 4.92 Å². The lowest BCUT2D eigenvalue weighted by Crippen LogP contribution is -2.07. The van der Waals surface area contributed by atoms with Crippen molar-refractivity contribution in [2.45, 2.75) is 18.5 Å². The minimum atomic E-state index is -0.470. The van der Waals surface area contributed by atoms with Gasteiger partial charge >= 0.3 is 0 Å². The molecule has 7 nitrogen and oxygen atoms in total. The van der Waals surface area contributed by atoms with Crippen LogP contribution >= 0.6 is 11.8 Å². The highest BCUT2D eigenvalue weighted by atomic mass is 32.2. The van der Waals surface area contributed by atoms with E-state index in [1.807, 2.05) is 13.2 Å². The second-order valence-electron chi connectivity index (χ2n) is 4.63. The molecule has 8 heteroatoms. The molecule has 2 aromatic rings. The number of nitrogens with one attached hydrogen (secondary N) is 1. The monoisotopic (exact) mass is 329 g/mol. The molecule has 1 aromatic heterocycles. The van der Waals surface area contributed by atoms with E-state index in [9.17, 15) is 15.4 Å². The molecule has 1 heterocycles. The van der Waals surface area contributed by atoms with Gasteiger partial charge in [0, 0.05) is 24.2 Å². The van der Waals surface area contributed by atoms with Gasteiger partial charge in [-0.3, -0.25) is 10.1 Å². The number of hydrogen-bond acceptors (Lipinski definition) is 7. The van der Waals surface area contributed by atoms with Crippen molar-refractivity contribution in [3.8, 4) is 17.3 Å². The number of benzene rings is 1. The fourth-order valence-corrected chi connectivity index (χ4v) is 2.35. The topological polar surface area (TPSA) is 105 Å². The molecular formula is C15H15N5O2S. The van der Waals surface area contributed by atoms with E-state index in [4.69, 9.17) is 0 Å². The first-order valence-electron chi connectivity index (χ1n) is 6.95. The fourth-order valence-electron chi connectivity index (χ4n) is 1.98. The lowest BCUT2D eigenvalue weighted by atomic mass is 10.1. The zero-order valence-corrected chi connectivity index (χ0v) is 13.6. The van der Waals surface area contributed by atoms with Crippen LogP contribution in [-0.4, -0.2) is 27.7 Å². The summed E-state index contributed by atoms with van der Waals surface area (Å²) in [6, 6.07) is 8.20. The zero-order valence-electron chi connectivity index (χ0n) is 12.7. The van der Waals surface area contributed by atoms with Crippen LogP contribution in [0.3, 0.4) is 0 Å². The second-order valence-corrected chi connectivity index (χ2v) is 5.40. The first-order chi connectivity index (χ1) is 11.1. The van der Waals surface area contributed by atoms with Crippen LogP contribution in [0.1, 0.15) is 18.9 Å². The molecule has 0 aliphatic carbocycles. The molecule has 0 saturated heterocycles. The Balaban J connectivity index is 2.62. The van der Waals surface area contributed by atoms with Gasteiger partial charge in [-0.1, -0.05) is 30.8 Å². The Morgan fingerprint density at radius 3 is 2.83 bits per heavy atom. The van der Waals surface area contributed by atoms with E-state index in [0.29, 0.717) is 28.8 Å². The lowest BCUT2D eigenvalue weighted by molar-refractivity contribution is -0.384. The van der Waals surface area contributed by atoms with Crippen molar-refractivity contribution in [1.82, 2.24) is 9.97 Å². The molecule has 0 saturated carbocycles. The summed E-state index contributed by atoms with van der Waals surface area (Å²) in [6.45, 7) is 2.69. The number of nitrogens with zero attached hydrogens (tertiary/aromatic N) is 4. The molecule has 0 aliphatic heterocycles. The Hall–Kier alpha value is -2.66. The summed E-state index contributed by atoms with van der Waals surface area (Å²) in [4.78, 5) is 19.2. The number of aromatic nitrogens is 2. The first kappa shape index (κ1) is 16.7. The van der Waals surface area contributed by atoms with Gasteiger partial charge in [0.2, 0.25) is 0 Å². The summed E-state index contributed by atoms with van der Waals surface area (Å²) in [5.41, 5.74) is 1.16. The Morgan fingerprint density at radius 2 is 2.22 bits per heavy atom. The Kier molecular flexibility index (Phi) is 5.49. The van der Waals surface area contributed by atoms with E-state index >= 15 is 0 Å². The van der Waals surface area contributed by atoms with Crippen molar-refractivity contribution in [2.75, 3.05) is 18.1 Å². The van der Waals surface area contributed by atoms with Gasteiger partial charge in [0.25, 0.3) is 5.69 Å². The lowest BCUT2D eigenvalue weighted by Gasteiger charge is -2.11. The molecule has 0 aliphatic rings. The van der Waals surface area contributed by atoms with Gasteiger partial charge < -0.3 is 5.32 Å². The summed E-state index contributed by atoms with van der Waals surface area (Å²) in [5, 5.41) is 24.1. The van der Waals surface area contributed by atoms with Crippen LogP contribution in [-0.2, 0) is 0 Å². The van der Waals surface area contributed by atoms with E-state index in [-0.39, 0.29) is 11.3 Å². The quantitative estimate of drug-likeness (QED) is 0.374. The third-order valence-electron chi connectivity index (χ3n) is 3.06. The van der Waals surface area contributed by atoms with Crippen molar-refractivity contribution >= 4 is 23.3 Å². The maximum Gasteiger partial charge on any atom is 0.270 e. The molecule has 23 heavy (non-hydrogen) atoms. The highest BCUT2D eigenvalue weighted by molar-refractivity contribution is 7.98. The van der Waals surface area contributed by atoms with Gasteiger partial charge in [-0.25, -0.2) is 9.97 Å². The number of thioether (sulfide) groups is 1. The van der Waals surface area contributed by atoms with Crippen molar-refractivity contribution in [3.63, 3.8) is 0 Å². The average Bonchev–Trinajstić information content (AvgIpc) is 2.58. The fraction of sp³-hybridized carbons (Fsp3) is 0.267. The normalized spacial score (nSPS) is 10.1. The molecule has 118 valence electrons. The molecule has 0 bridgehead atoms. The van der Waals surface area contributed by atoms with E-state index in [2.05, 4.69) is 21.4 Å². The summed E-state index contributed by atoms with van der Waals surface area (Å²) in [5.74, 6) is 0.454. The standard InChI is InChI=1S/C15H15N5O2S/c1-3-7-17-14-12(9-16)13(18-15(19-14)23-2)10-5-4-6-11(8-10)20(21)22/h4-6,8H,3,7H2,1-2H3,(H,17,18,19). The maximum atomic E-state index is 11.0. The van der Waals surface area contributed by atoms with E-state index in [1.165, 1.54) is 23.9 Å². The minimum absolute atomic E-state index is 0.0428. The van der Waals surface area contributed by atoms with Crippen molar-refractivity contribution in [2.24, 2.45) is 0 Å². The van der Waals surface area contributed by atoms with Gasteiger partial charge in [-0.05, 0) is 12.7 Å². The Bertz CT molecular complexity index is 773. The van der Waals surface area contributed by atoms with Crippen LogP contribution in [0.2, 0.25) is 0 Å². The predicted octanol–water partition coefficient (Wildman–Crippen LogP) is 3.47. The highest BCUT2D eigenvalue weighted by Gasteiger charge is 2.17. The molecule has 0 atom stereocenters. The summed E-state index contributed by atoms with van der Waals surface area (Å²) in [7, 11) is 0. The van der Waals surface area contributed by atoms with Gasteiger partial charge in [0.1, 0.15) is 17.5 Å². The number of nitriles is 1. The van der Waals surface area contributed by atoms with Crippen molar-refractivity contribution in [1.29, 1.82) is 5.26 Å². The van der Waals surface area contributed by atoms with Crippen LogP contribution in [0, 0.1) is 21.4 Å². The SMILES string of the molecule is CCCNc1nc(SC)nc(-c2cccc([N+](=O)[O-])c2)c1C#N. The smallest absolute Gasteiger partial charge is 0.270 e. The number of hydrogen-bond donors (Lipinski definition) is 1. The van der Waals surface area contributed by atoms with E-state index < -0.39 is 4.92 Å². The van der Waals surface area contributed by atoms with Crippen LogP contribution in [0.15, 0.2) is 29.4 Å². The summed E-state index contributed by atoms with van der Waals surface area (Å²) >= 11 is 1.35. The van der Waals surface area contributed by atoms with Gasteiger partial charge in [-0.15, -0.1) is 0 Å². The molecule has 0 unspecified atom stereocenters. The Labute approximate surface area is 137 Å². The predicted molar refractivity (Wildman–Crippen MR) is 89.4 cm³/mol. The first-order valence-corrected chi connectivity index (χ1v) is 8.18. The largest absolute Gasteiger partial charge is 0.369 e. The molecule has 1 N–H and O–H groups in total. The summed E-state index contributed by atoms with van der Waals surface area (Å²) in [6.07, 6.45) is 2.72. The maximum absolute atomic E-state index is 11.0. The van der Waals surface area contributed by atoms with E-state index in [0.717, 1.165) is 6.42 Å². The third kappa shape index (κ3) is 3.76. The molecule has 0 radical (unpaired) electrons. The summed E-state index contributed by atoms with van der Waals surface area (Å²) < 4.78 is 0. The number of nitro benzene ring substituents is 1. The van der Waals surface area contributed by atoms with Crippen molar-refractivity contribution in [3.05, 3.63) is 39.9 Å². The molecule has 0 spiro atoms. The van der Waals surface area contributed by atoms with Crippen LogP contribution < -0.4 is 5.32 Å². The molecule has 0 fully saturated rings. The van der Waals surface area contributed by atoms with Crippen LogP contribution in [0.5, 0.6) is 0 Å². The molecule has 0 amide bonds. The average molecular weight is 329 g/mol. The zero-order chi connectivity index (χ0) is 16.8. The minimum Gasteiger partial charge on any atom is -0.369 e. The van der Waals surface area contributed by atoms with Gasteiger partial charge in [0.05, 0.1) is 10.6 Å². The molecule has 1 aromatic carbocycles. The third-order valence-corrected chi connectivity index (χ3v) is 3.60. The van der Waals surface area contributed by atoms with Crippen LogP contribution in [0.25, 0.3) is 11.3 Å². The van der Waals surface area contributed by atoms with Crippen LogP contribution in [0.4, 0.5) is 11.5 Å². The molecular weight excluding hydrogens is 314 g/mol. The number of nitro groups is 1. The van der Waals surface area contributed by atoms with Gasteiger partial charge in [-0.2, -0.15) is 5.26 Å². The highest BCUT2D eigenvalue weighted by Crippen LogP contribution is 2.30.